The fourth-order valence-electron chi connectivity index (χ4n) is 2.54. The average Bonchev–Trinajstić information content (AvgIpc) is 2.53. The summed E-state index contributed by atoms with van der Waals surface area (Å²) < 4.78 is 0.581. The summed E-state index contributed by atoms with van der Waals surface area (Å²) in [5.41, 5.74) is 4.02. The molecule has 20 heavy (non-hydrogen) atoms. The zero-order chi connectivity index (χ0) is 13.4. The van der Waals surface area contributed by atoms with E-state index in [1.807, 2.05) is 11.8 Å². The third-order valence-electron chi connectivity index (χ3n) is 3.51. The minimum Gasteiger partial charge on any atom is -0.353 e. The zero-order valence-corrected chi connectivity index (χ0v) is 13.4. The lowest BCUT2D eigenvalue weighted by Gasteiger charge is -2.28. The first-order valence-electron chi connectivity index (χ1n) is 6.82. The summed E-state index contributed by atoms with van der Waals surface area (Å²) in [6, 6.07) is 15.3. The Kier molecular flexibility index (Phi) is 3.63. The van der Waals surface area contributed by atoms with Gasteiger partial charge in [0.25, 0.3) is 0 Å². The van der Waals surface area contributed by atoms with Crippen molar-refractivity contribution in [1.29, 1.82) is 0 Å². The summed E-state index contributed by atoms with van der Waals surface area (Å²) in [5.74, 6) is 2.57. The molecule has 0 spiro atoms. The van der Waals surface area contributed by atoms with Crippen LogP contribution in [0.2, 0.25) is 0 Å². The van der Waals surface area contributed by atoms with E-state index in [1.165, 1.54) is 44.7 Å². The number of hydrogen-bond donors (Lipinski definition) is 1. The summed E-state index contributed by atoms with van der Waals surface area (Å²) in [6.45, 7) is 0. The molecular formula is C16H15NS3. The summed E-state index contributed by atoms with van der Waals surface area (Å²) >= 11 is 6.05. The lowest BCUT2D eigenvalue weighted by molar-refractivity contribution is 1.09. The van der Waals surface area contributed by atoms with Crippen LogP contribution in [0.5, 0.6) is 0 Å². The van der Waals surface area contributed by atoms with Crippen molar-refractivity contribution in [2.75, 3.05) is 16.8 Å². The number of benzene rings is 2. The Morgan fingerprint density at radius 3 is 2.60 bits per heavy atom. The van der Waals surface area contributed by atoms with E-state index in [4.69, 9.17) is 0 Å². The van der Waals surface area contributed by atoms with Gasteiger partial charge in [0, 0.05) is 9.79 Å². The normalized spacial score (nSPS) is 18.0. The highest BCUT2D eigenvalue weighted by Crippen LogP contribution is 2.52. The second-order valence-corrected chi connectivity index (χ2v) is 8.68. The summed E-state index contributed by atoms with van der Waals surface area (Å²) in [7, 11) is 0. The molecule has 1 N–H and O–H groups in total. The first kappa shape index (κ1) is 13.0. The minimum atomic E-state index is 0.581. The molecule has 0 radical (unpaired) electrons. The van der Waals surface area contributed by atoms with Crippen LogP contribution in [-0.4, -0.2) is 11.5 Å². The largest absolute Gasteiger partial charge is 0.353 e. The number of para-hydroxylation sites is 2. The van der Waals surface area contributed by atoms with E-state index in [2.05, 4.69) is 71.3 Å². The Morgan fingerprint density at radius 1 is 0.900 bits per heavy atom. The van der Waals surface area contributed by atoms with Gasteiger partial charge >= 0.3 is 0 Å². The molecule has 0 aromatic heterocycles. The molecule has 4 heteroatoms. The molecule has 102 valence electrons. The molecule has 0 bridgehead atoms. The van der Waals surface area contributed by atoms with Gasteiger partial charge in [0.2, 0.25) is 0 Å². The van der Waals surface area contributed by atoms with Gasteiger partial charge in [0.1, 0.15) is 0 Å². The van der Waals surface area contributed by atoms with E-state index in [-0.39, 0.29) is 0 Å². The highest BCUT2D eigenvalue weighted by molar-refractivity contribution is 8.16. The molecule has 2 aromatic rings. The maximum Gasteiger partial charge on any atom is 0.0771 e. The molecule has 2 aliphatic rings. The lowest BCUT2D eigenvalue weighted by atomic mass is 10.2. The van der Waals surface area contributed by atoms with Crippen molar-refractivity contribution < 1.29 is 0 Å². The van der Waals surface area contributed by atoms with Crippen molar-refractivity contribution in [3.05, 3.63) is 48.0 Å². The fourth-order valence-corrected chi connectivity index (χ4v) is 6.52. The highest BCUT2D eigenvalue weighted by atomic mass is 32.2. The van der Waals surface area contributed by atoms with Gasteiger partial charge < -0.3 is 5.32 Å². The van der Waals surface area contributed by atoms with Gasteiger partial charge in [-0.3, -0.25) is 0 Å². The van der Waals surface area contributed by atoms with Crippen molar-refractivity contribution in [2.45, 2.75) is 20.8 Å². The SMILES string of the molecule is c1ccc2c(c1)Nc1c(cccc1C1SCCCS1)S2. The van der Waals surface area contributed by atoms with Crippen molar-refractivity contribution in [2.24, 2.45) is 0 Å². The van der Waals surface area contributed by atoms with Crippen LogP contribution in [0.3, 0.4) is 0 Å². The molecule has 4 rings (SSSR count). The Morgan fingerprint density at radius 2 is 1.70 bits per heavy atom. The van der Waals surface area contributed by atoms with Gasteiger partial charge in [-0.05, 0) is 41.7 Å². The molecule has 0 saturated carbocycles. The van der Waals surface area contributed by atoms with Crippen molar-refractivity contribution in [1.82, 2.24) is 0 Å². The standard InChI is InChI=1S/C16H15NS3/c1-2-7-13-12(6-1)17-15-11(5-3-8-14(15)20-13)16-18-9-4-10-19-16/h1-3,5-8,16-17H,4,9-10H2. The van der Waals surface area contributed by atoms with E-state index in [0.29, 0.717) is 4.58 Å². The van der Waals surface area contributed by atoms with Crippen LogP contribution < -0.4 is 5.32 Å². The van der Waals surface area contributed by atoms with Crippen molar-refractivity contribution >= 4 is 46.7 Å². The summed E-state index contributed by atoms with van der Waals surface area (Å²) in [4.78, 5) is 2.68. The maximum absolute atomic E-state index is 3.66. The molecule has 1 fully saturated rings. The van der Waals surface area contributed by atoms with Crippen LogP contribution in [0.4, 0.5) is 11.4 Å². The van der Waals surface area contributed by atoms with Crippen molar-refractivity contribution in [3.63, 3.8) is 0 Å². The molecule has 0 atom stereocenters. The van der Waals surface area contributed by atoms with Gasteiger partial charge in [-0.25, -0.2) is 0 Å². The van der Waals surface area contributed by atoms with Crippen LogP contribution in [0, 0.1) is 0 Å². The van der Waals surface area contributed by atoms with E-state index in [9.17, 15) is 0 Å². The molecule has 1 nitrogen and oxygen atoms in total. The fraction of sp³-hybridized carbons (Fsp3) is 0.250. The number of hydrogen-bond acceptors (Lipinski definition) is 4. The monoisotopic (exact) mass is 317 g/mol. The van der Waals surface area contributed by atoms with E-state index >= 15 is 0 Å². The molecule has 2 aliphatic heterocycles. The molecular weight excluding hydrogens is 302 g/mol. The van der Waals surface area contributed by atoms with Gasteiger partial charge in [0.15, 0.2) is 0 Å². The lowest BCUT2D eigenvalue weighted by Crippen LogP contribution is -2.07. The van der Waals surface area contributed by atoms with Crippen LogP contribution in [-0.2, 0) is 0 Å². The third-order valence-corrected chi connectivity index (χ3v) is 7.62. The van der Waals surface area contributed by atoms with Gasteiger partial charge in [0.05, 0.1) is 16.0 Å². The van der Waals surface area contributed by atoms with Gasteiger partial charge in [-0.1, -0.05) is 36.0 Å². The quantitative estimate of drug-likeness (QED) is 0.611. The summed E-state index contributed by atoms with van der Waals surface area (Å²) in [6.07, 6.45) is 1.34. The van der Waals surface area contributed by atoms with Crippen LogP contribution in [0.1, 0.15) is 16.6 Å². The van der Waals surface area contributed by atoms with Gasteiger partial charge in [-0.2, -0.15) is 0 Å². The number of nitrogens with one attached hydrogen (secondary N) is 1. The first-order chi connectivity index (χ1) is 9.92. The number of thioether (sulfide) groups is 2. The number of anilines is 2. The average molecular weight is 318 g/mol. The highest BCUT2D eigenvalue weighted by Gasteiger charge is 2.24. The molecule has 2 heterocycles. The Labute approximate surface area is 132 Å². The Hall–Kier alpha value is -0.710. The van der Waals surface area contributed by atoms with Crippen LogP contribution in [0.15, 0.2) is 52.3 Å². The Bertz CT molecular complexity index is 635. The first-order valence-corrected chi connectivity index (χ1v) is 9.73. The maximum atomic E-state index is 3.66. The topological polar surface area (TPSA) is 12.0 Å². The molecule has 0 aliphatic carbocycles. The van der Waals surface area contributed by atoms with Gasteiger partial charge in [-0.15, -0.1) is 23.5 Å². The van der Waals surface area contributed by atoms with Crippen molar-refractivity contribution in [3.8, 4) is 0 Å². The smallest absolute Gasteiger partial charge is 0.0771 e. The predicted molar refractivity (Wildman–Crippen MR) is 92.6 cm³/mol. The second kappa shape index (κ2) is 5.58. The molecule has 1 saturated heterocycles. The predicted octanol–water partition coefficient (Wildman–Crippen LogP) is 5.76. The number of rotatable bonds is 1. The molecule has 2 aromatic carbocycles. The molecule has 0 unspecified atom stereocenters. The Balaban J connectivity index is 1.74. The zero-order valence-electron chi connectivity index (χ0n) is 11.0. The van der Waals surface area contributed by atoms with E-state index < -0.39 is 0 Å². The number of fused-ring (bicyclic) bond motifs is 2. The van der Waals surface area contributed by atoms with Crippen LogP contribution in [0.25, 0.3) is 0 Å². The molecule has 0 amide bonds. The minimum absolute atomic E-state index is 0.581. The van der Waals surface area contributed by atoms with E-state index in [1.54, 1.807) is 0 Å². The van der Waals surface area contributed by atoms with E-state index in [0.717, 1.165) is 0 Å². The van der Waals surface area contributed by atoms with Crippen LogP contribution >= 0.6 is 35.3 Å². The third kappa shape index (κ3) is 2.34. The second-order valence-electron chi connectivity index (χ2n) is 4.87. The summed E-state index contributed by atoms with van der Waals surface area (Å²) in [5, 5.41) is 3.66.